The van der Waals surface area contributed by atoms with E-state index in [-0.39, 0.29) is 0 Å². The molecule has 0 radical (unpaired) electrons. The maximum absolute atomic E-state index is 10.0. The summed E-state index contributed by atoms with van der Waals surface area (Å²) in [7, 11) is 0. The zero-order chi connectivity index (χ0) is 18.7. The van der Waals surface area contributed by atoms with E-state index < -0.39 is 24.5 Å². The average molecular weight is 356 g/mol. The third-order valence-corrected chi connectivity index (χ3v) is 4.75. The van der Waals surface area contributed by atoms with E-state index in [4.69, 9.17) is 10.2 Å². The van der Waals surface area contributed by atoms with E-state index in [9.17, 15) is 19.8 Å². The van der Waals surface area contributed by atoms with Crippen LogP contribution in [0.25, 0.3) is 0 Å². The maximum atomic E-state index is 10.0. The third kappa shape index (κ3) is 9.32. The fourth-order valence-corrected chi connectivity index (χ4v) is 3.38. The Balaban J connectivity index is 0.000000381. The van der Waals surface area contributed by atoms with Crippen molar-refractivity contribution in [2.24, 2.45) is 11.8 Å². The summed E-state index contributed by atoms with van der Waals surface area (Å²) in [4.78, 5) is 18.4. The SMILES string of the molecule is O=C(O)OC(=O)O.OC(C#CC(O)C1CCCCC1)C1CCCCC1. The topological polar surface area (TPSA) is 124 Å². The molecule has 0 aliphatic heterocycles. The second-order valence-electron chi connectivity index (χ2n) is 6.61. The minimum Gasteiger partial charge on any atom is -0.449 e. The van der Waals surface area contributed by atoms with Crippen LogP contribution in [0.1, 0.15) is 64.2 Å². The maximum Gasteiger partial charge on any atom is 0.516 e. The number of aliphatic hydroxyl groups is 2. The van der Waals surface area contributed by atoms with Crippen molar-refractivity contribution in [2.75, 3.05) is 0 Å². The molecule has 0 amide bonds. The Morgan fingerprint density at radius 1 is 0.720 bits per heavy atom. The van der Waals surface area contributed by atoms with Crippen LogP contribution < -0.4 is 0 Å². The molecule has 0 aromatic rings. The van der Waals surface area contributed by atoms with Crippen molar-refractivity contribution >= 4 is 12.3 Å². The number of carbonyl (C=O) groups is 2. The summed E-state index contributed by atoms with van der Waals surface area (Å²) < 4.78 is 3.08. The van der Waals surface area contributed by atoms with E-state index in [2.05, 4.69) is 16.6 Å². The Morgan fingerprint density at radius 2 is 1.04 bits per heavy atom. The quantitative estimate of drug-likeness (QED) is 0.340. The van der Waals surface area contributed by atoms with Crippen LogP contribution in [0.3, 0.4) is 0 Å². The zero-order valence-corrected chi connectivity index (χ0v) is 14.4. The summed E-state index contributed by atoms with van der Waals surface area (Å²) in [6, 6.07) is 0. The lowest BCUT2D eigenvalue weighted by molar-refractivity contribution is 0.0801. The molecule has 0 bridgehead atoms. The van der Waals surface area contributed by atoms with Gasteiger partial charge in [-0.25, -0.2) is 9.59 Å². The van der Waals surface area contributed by atoms with Gasteiger partial charge in [0.25, 0.3) is 0 Å². The molecule has 2 unspecified atom stereocenters. The lowest BCUT2D eigenvalue weighted by Gasteiger charge is -2.24. The van der Waals surface area contributed by atoms with Crippen LogP contribution in [-0.2, 0) is 4.74 Å². The Kier molecular flexibility index (Phi) is 9.97. The van der Waals surface area contributed by atoms with E-state index in [1.165, 1.54) is 38.5 Å². The fraction of sp³-hybridized carbons (Fsp3) is 0.778. The van der Waals surface area contributed by atoms with Gasteiger partial charge in [-0.2, -0.15) is 0 Å². The van der Waals surface area contributed by atoms with Gasteiger partial charge in [0.2, 0.25) is 0 Å². The Labute approximate surface area is 148 Å². The molecule has 2 fully saturated rings. The molecular formula is C18H28O7. The van der Waals surface area contributed by atoms with Crippen molar-refractivity contribution in [1.29, 1.82) is 0 Å². The third-order valence-electron chi connectivity index (χ3n) is 4.75. The summed E-state index contributed by atoms with van der Waals surface area (Å²) in [6.45, 7) is 0. The van der Waals surface area contributed by atoms with Crippen LogP contribution >= 0.6 is 0 Å². The molecule has 0 heterocycles. The average Bonchev–Trinajstić information content (AvgIpc) is 2.60. The second-order valence-corrected chi connectivity index (χ2v) is 6.61. The lowest BCUT2D eigenvalue weighted by Crippen LogP contribution is -2.24. The number of carboxylic acid groups (broad SMARTS) is 2. The van der Waals surface area contributed by atoms with Gasteiger partial charge in [-0.1, -0.05) is 50.4 Å². The number of aliphatic hydroxyl groups excluding tert-OH is 2. The van der Waals surface area contributed by atoms with Gasteiger partial charge >= 0.3 is 12.3 Å². The molecule has 0 aromatic heterocycles. The van der Waals surface area contributed by atoms with Crippen LogP contribution in [0.2, 0.25) is 0 Å². The van der Waals surface area contributed by atoms with Gasteiger partial charge in [-0.05, 0) is 37.5 Å². The summed E-state index contributed by atoms with van der Waals surface area (Å²) >= 11 is 0. The van der Waals surface area contributed by atoms with E-state index in [0.29, 0.717) is 11.8 Å². The monoisotopic (exact) mass is 356 g/mol. The predicted molar refractivity (Wildman–Crippen MR) is 90.1 cm³/mol. The van der Waals surface area contributed by atoms with Crippen molar-refractivity contribution in [3.8, 4) is 11.8 Å². The number of rotatable bonds is 2. The molecule has 142 valence electrons. The standard InChI is InChI=1S/C16H26O2.C2H2O5/c17-15(13-7-3-1-4-8-13)11-12-16(18)14-9-5-2-6-10-14;3-1(4)7-2(5)6/h13-18H,1-10H2;(H,3,4)(H,5,6). The number of ether oxygens (including phenoxy) is 1. The van der Waals surface area contributed by atoms with Crippen LogP contribution in [0.5, 0.6) is 0 Å². The first kappa shape index (κ1) is 21.3. The zero-order valence-electron chi connectivity index (χ0n) is 14.4. The van der Waals surface area contributed by atoms with Gasteiger partial charge in [0, 0.05) is 0 Å². The number of hydrogen-bond acceptors (Lipinski definition) is 5. The van der Waals surface area contributed by atoms with E-state index in [1.807, 2.05) is 0 Å². The molecule has 0 spiro atoms. The highest BCUT2D eigenvalue weighted by atomic mass is 16.7. The first-order valence-electron chi connectivity index (χ1n) is 8.91. The highest BCUT2D eigenvalue weighted by molar-refractivity contribution is 5.74. The molecule has 0 aromatic carbocycles. The minimum atomic E-state index is -1.81. The van der Waals surface area contributed by atoms with Gasteiger partial charge in [0.15, 0.2) is 0 Å². The molecular weight excluding hydrogens is 328 g/mol. The van der Waals surface area contributed by atoms with Gasteiger partial charge in [-0.3, -0.25) is 0 Å². The molecule has 2 saturated carbocycles. The van der Waals surface area contributed by atoms with Crippen molar-refractivity contribution in [3.05, 3.63) is 0 Å². The molecule has 0 saturated heterocycles. The largest absolute Gasteiger partial charge is 0.516 e. The Bertz CT molecular complexity index is 428. The molecule has 2 atom stereocenters. The Morgan fingerprint density at radius 3 is 1.28 bits per heavy atom. The first-order valence-corrected chi connectivity index (χ1v) is 8.91. The molecule has 25 heavy (non-hydrogen) atoms. The normalized spacial score (nSPS) is 20.9. The Hall–Kier alpha value is -1.78. The lowest BCUT2D eigenvalue weighted by atomic mass is 9.84. The van der Waals surface area contributed by atoms with Crippen molar-refractivity contribution in [3.63, 3.8) is 0 Å². The van der Waals surface area contributed by atoms with Gasteiger partial charge < -0.3 is 25.2 Å². The molecule has 2 aliphatic rings. The van der Waals surface area contributed by atoms with E-state index in [0.717, 1.165) is 25.7 Å². The van der Waals surface area contributed by atoms with Crippen LogP contribution in [-0.4, -0.2) is 44.9 Å². The summed E-state index contributed by atoms with van der Waals surface area (Å²) in [5.74, 6) is 6.49. The molecule has 2 rings (SSSR count). The van der Waals surface area contributed by atoms with Crippen molar-refractivity contribution in [1.82, 2.24) is 0 Å². The summed E-state index contributed by atoms with van der Waals surface area (Å²) in [6.07, 6.45) is 7.15. The number of hydrogen-bond donors (Lipinski definition) is 4. The van der Waals surface area contributed by atoms with Gasteiger partial charge in [0.1, 0.15) is 12.2 Å². The highest BCUT2D eigenvalue weighted by Crippen LogP contribution is 2.27. The van der Waals surface area contributed by atoms with Crippen LogP contribution in [0, 0.1) is 23.7 Å². The van der Waals surface area contributed by atoms with Crippen LogP contribution in [0.15, 0.2) is 0 Å². The summed E-state index contributed by atoms with van der Waals surface area (Å²) in [5, 5.41) is 35.0. The van der Waals surface area contributed by atoms with Crippen LogP contribution in [0.4, 0.5) is 9.59 Å². The van der Waals surface area contributed by atoms with E-state index in [1.54, 1.807) is 0 Å². The summed E-state index contributed by atoms with van der Waals surface area (Å²) in [5.41, 5.74) is 0. The molecule has 7 nitrogen and oxygen atoms in total. The smallest absolute Gasteiger partial charge is 0.449 e. The fourth-order valence-electron chi connectivity index (χ4n) is 3.38. The first-order chi connectivity index (χ1) is 11.9. The molecule has 7 heteroatoms. The second kappa shape index (κ2) is 11.7. The highest BCUT2D eigenvalue weighted by Gasteiger charge is 2.22. The van der Waals surface area contributed by atoms with Gasteiger partial charge in [0.05, 0.1) is 0 Å². The van der Waals surface area contributed by atoms with Gasteiger partial charge in [-0.15, -0.1) is 0 Å². The molecule has 2 aliphatic carbocycles. The predicted octanol–water partition coefficient (Wildman–Crippen LogP) is 3.23. The van der Waals surface area contributed by atoms with E-state index >= 15 is 0 Å². The van der Waals surface area contributed by atoms with Crippen molar-refractivity contribution < 1.29 is 34.8 Å². The van der Waals surface area contributed by atoms with Crippen molar-refractivity contribution in [2.45, 2.75) is 76.4 Å². The minimum absolute atomic E-state index is 0.338. The molecule has 4 N–H and O–H groups in total.